The fourth-order valence-electron chi connectivity index (χ4n) is 2.99. The van der Waals surface area contributed by atoms with E-state index in [1.165, 1.54) is 11.1 Å². The summed E-state index contributed by atoms with van der Waals surface area (Å²) >= 11 is 0. The van der Waals surface area contributed by atoms with Crippen molar-refractivity contribution >= 4 is 5.91 Å². The van der Waals surface area contributed by atoms with E-state index in [0.29, 0.717) is 11.9 Å². The second-order valence-corrected chi connectivity index (χ2v) is 5.92. The van der Waals surface area contributed by atoms with Crippen LogP contribution in [0.4, 0.5) is 0 Å². The number of nitrogens with one attached hydrogen (secondary N) is 1. The van der Waals surface area contributed by atoms with Crippen LogP contribution in [0.2, 0.25) is 0 Å². The summed E-state index contributed by atoms with van der Waals surface area (Å²) in [7, 11) is 0. The molecule has 0 radical (unpaired) electrons. The van der Waals surface area contributed by atoms with Crippen LogP contribution in [0.5, 0.6) is 0 Å². The molecule has 1 aromatic rings. The van der Waals surface area contributed by atoms with Gasteiger partial charge in [-0.2, -0.15) is 0 Å². The maximum absolute atomic E-state index is 12.7. The first-order valence-electron chi connectivity index (χ1n) is 7.68. The van der Waals surface area contributed by atoms with Gasteiger partial charge in [0, 0.05) is 25.0 Å². The van der Waals surface area contributed by atoms with E-state index in [0.717, 1.165) is 32.5 Å². The molecule has 2 atom stereocenters. The van der Waals surface area contributed by atoms with E-state index in [1.807, 2.05) is 4.90 Å². The van der Waals surface area contributed by atoms with Crippen LogP contribution in [0.25, 0.3) is 0 Å². The smallest absolute Gasteiger partial charge is 0.226 e. The molecule has 0 aromatic heterocycles. The molecule has 1 aliphatic heterocycles. The Bertz CT molecular complexity index is 458. The summed E-state index contributed by atoms with van der Waals surface area (Å²) in [6, 6.07) is 8.89. The highest BCUT2D eigenvalue weighted by Gasteiger charge is 2.27. The number of nitrogens with zero attached hydrogens (tertiary/aromatic N) is 1. The lowest BCUT2D eigenvalue weighted by molar-refractivity contribution is -0.137. The second-order valence-electron chi connectivity index (χ2n) is 5.92. The summed E-state index contributed by atoms with van der Waals surface area (Å²) < 4.78 is 0. The van der Waals surface area contributed by atoms with E-state index in [2.05, 4.69) is 50.4 Å². The highest BCUT2D eigenvalue weighted by atomic mass is 16.2. The lowest BCUT2D eigenvalue weighted by Gasteiger charge is -2.31. The number of hydrogen-bond acceptors (Lipinski definition) is 2. The number of rotatable bonds is 4. The molecule has 0 spiro atoms. The standard InChI is InChI=1S/C17H26N2O/c1-4-19(12-15-7-5-6-13(2)10-15)17(20)16-8-9-18-14(3)11-16/h5-7,10,14,16,18H,4,8-9,11-12H2,1-3H3. The highest BCUT2D eigenvalue weighted by molar-refractivity contribution is 5.79. The van der Waals surface area contributed by atoms with E-state index in [-0.39, 0.29) is 5.92 Å². The van der Waals surface area contributed by atoms with E-state index in [1.54, 1.807) is 0 Å². The molecule has 1 aromatic carbocycles. The zero-order valence-corrected chi connectivity index (χ0v) is 12.9. The Labute approximate surface area is 122 Å². The van der Waals surface area contributed by atoms with Gasteiger partial charge >= 0.3 is 0 Å². The molecule has 1 N–H and O–H groups in total. The summed E-state index contributed by atoms with van der Waals surface area (Å²) in [4.78, 5) is 14.7. The fourth-order valence-corrected chi connectivity index (χ4v) is 2.99. The van der Waals surface area contributed by atoms with Crippen LogP contribution >= 0.6 is 0 Å². The van der Waals surface area contributed by atoms with Crippen LogP contribution in [-0.2, 0) is 11.3 Å². The third-order valence-corrected chi connectivity index (χ3v) is 4.12. The van der Waals surface area contributed by atoms with Gasteiger partial charge < -0.3 is 10.2 Å². The molecule has 1 fully saturated rings. The van der Waals surface area contributed by atoms with Crippen LogP contribution < -0.4 is 5.32 Å². The Morgan fingerprint density at radius 3 is 2.90 bits per heavy atom. The molecule has 1 heterocycles. The van der Waals surface area contributed by atoms with Crippen molar-refractivity contribution in [1.82, 2.24) is 10.2 Å². The molecule has 2 unspecified atom stereocenters. The maximum Gasteiger partial charge on any atom is 0.226 e. The van der Waals surface area contributed by atoms with Crippen molar-refractivity contribution in [3.8, 4) is 0 Å². The SMILES string of the molecule is CCN(Cc1cccc(C)c1)C(=O)C1CCNC(C)C1. The Kier molecular flexibility index (Phi) is 5.18. The largest absolute Gasteiger partial charge is 0.338 e. The Morgan fingerprint density at radius 2 is 2.25 bits per heavy atom. The molecule has 0 aliphatic carbocycles. The van der Waals surface area contributed by atoms with E-state index in [9.17, 15) is 4.79 Å². The van der Waals surface area contributed by atoms with Gasteiger partial charge in [-0.3, -0.25) is 4.79 Å². The lowest BCUT2D eigenvalue weighted by atomic mass is 9.92. The van der Waals surface area contributed by atoms with Crippen LogP contribution in [0.1, 0.15) is 37.8 Å². The van der Waals surface area contributed by atoms with Gasteiger partial charge in [0.25, 0.3) is 0 Å². The molecule has 1 saturated heterocycles. The molecule has 3 heteroatoms. The molecule has 20 heavy (non-hydrogen) atoms. The minimum atomic E-state index is 0.191. The Morgan fingerprint density at radius 1 is 1.45 bits per heavy atom. The summed E-state index contributed by atoms with van der Waals surface area (Å²) in [5, 5.41) is 3.41. The van der Waals surface area contributed by atoms with Gasteiger partial charge in [-0.25, -0.2) is 0 Å². The zero-order chi connectivity index (χ0) is 14.5. The van der Waals surface area contributed by atoms with Gasteiger partial charge in [0.2, 0.25) is 5.91 Å². The zero-order valence-electron chi connectivity index (χ0n) is 12.9. The normalized spacial score (nSPS) is 22.6. The summed E-state index contributed by atoms with van der Waals surface area (Å²) in [6.07, 6.45) is 1.93. The van der Waals surface area contributed by atoms with Crippen molar-refractivity contribution in [2.45, 2.75) is 46.2 Å². The van der Waals surface area contributed by atoms with Gasteiger partial charge in [-0.1, -0.05) is 29.8 Å². The van der Waals surface area contributed by atoms with Gasteiger partial charge in [-0.15, -0.1) is 0 Å². The molecule has 0 bridgehead atoms. The molecule has 110 valence electrons. The predicted molar refractivity (Wildman–Crippen MR) is 82.5 cm³/mol. The van der Waals surface area contributed by atoms with Gasteiger partial charge in [0.1, 0.15) is 0 Å². The number of hydrogen-bond donors (Lipinski definition) is 1. The molecular weight excluding hydrogens is 248 g/mol. The highest BCUT2D eigenvalue weighted by Crippen LogP contribution is 2.20. The Balaban J connectivity index is 2.02. The average Bonchev–Trinajstić information content (AvgIpc) is 2.44. The van der Waals surface area contributed by atoms with E-state index in [4.69, 9.17) is 0 Å². The number of carbonyl (C=O) groups excluding carboxylic acids is 1. The van der Waals surface area contributed by atoms with Crippen molar-refractivity contribution in [2.75, 3.05) is 13.1 Å². The minimum absolute atomic E-state index is 0.191. The average molecular weight is 274 g/mol. The number of aryl methyl sites for hydroxylation is 1. The van der Waals surface area contributed by atoms with Crippen LogP contribution in [0.15, 0.2) is 24.3 Å². The summed E-state index contributed by atoms with van der Waals surface area (Å²) in [5.74, 6) is 0.512. The summed E-state index contributed by atoms with van der Waals surface area (Å²) in [5.41, 5.74) is 2.48. The lowest BCUT2D eigenvalue weighted by Crippen LogP contribution is -2.43. The van der Waals surface area contributed by atoms with Gasteiger partial charge in [-0.05, 0) is 45.7 Å². The quantitative estimate of drug-likeness (QED) is 0.915. The maximum atomic E-state index is 12.7. The van der Waals surface area contributed by atoms with Gasteiger partial charge in [0.05, 0.1) is 0 Å². The molecule has 3 nitrogen and oxygen atoms in total. The first-order valence-corrected chi connectivity index (χ1v) is 7.68. The first kappa shape index (κ1) is 15.0. The van der Waals surface area contributed by atoms with Crippen molar-refractivity contribution < 1.29 is 4.79 Å². The van der Waals surface area contributed by atoms with E-state index >= 15 is 0 Å². The number of carbonyl (C=O) groups is 1. The molecule has 1 amide bonds. The monoisotopic (exact) mass is 274 g/mol. The molecular formula is C17H26N2O. The predicted octanol–water partition coefficient (Wildman–Crippen LogP) is 2.73. The van der Waals surface area contributed by atoms with Crippen molar-refractivity contribution in [2.24, 2.45) is 5.92 Å². The van der Waals surface area contributed by atoms with Crippen LogP contribution in [0.3, 0.4) is 0 Å². The van der Waals surface area contributed by atoms with Crippen LogP contribution in [0, 0.1) is 12.8 Å². The second kappa shape index (κ2) is 6.89. The van der Waals surface area contributed by atoms with Gasteiger partial charge in [0.15, 0.2) is 0 Å². The first-order chi connectivity index (χ1) is 9.60. The van der Waals surface area contributed by atoms with Crippen LogP contribution in [-0.4, -0.2) is 29.9 Å². The molecule has 0 saturated carbocycles. The topological polar surface area (TPSA) is 32.3 Å². The number of benzene rings is 1. The van der Waals surface area contributed by atoms with Crippen molar-refractivity contribution in [3.05, 3.63) is 35.4 Å². The number of amides is 1. The molecule has 2 rings (SSSR count). The minimum Gasteiger partial charge on any atom is -0.338 e. The van der Waals surface area contributed by atoms with E-state index < -0.39 is 0 Å². The third-order valence-electron chi connectivity index (χ3n) is 4.12. The third kappa shape index (κ3) is 3.83. The molecule has 1 aliphatic rings. The fraction of sp³-hybridized carbons (Fsp3) is 0.588. The summed E-state index contributed by atoms with van der Waals surface area (Å²) in [6.45, 7) is 8.80. The van der Waals surface area contributed by atoms with Crippen molar-refractivity contribution in [3.63, 3.8) is 0 Å². The van der Waals surface area contributed by atoms with Crippen molar-refractivity contribution in [1.29, 1.82) is 0 Å². The number of piperidine rings is 1. The Hall–Kier alpha value is -1.35.